The van der Waals surface area contributed by atoms with Gasteiger partial charge >= 0.3 is 0 Å². The van der Waals surface area contributed by atoms with Crippen molar-refractivity contribution in [3.05, 3.63) is 54.2 Å². The highest BCUT2D eigenvalue weighted by Crippen LogP contribution is 2.12. The number of rotatable bonds is 6. The molecule has 6 nitrogen and oxygen atoms in total. The highest BCUT2D eigenvalue weighted by atomic mass is 16.5. The number of nitrogens with two attached hydrogens (primary N) is 1. The number of hydrogen-bond donors (Lipinski definition) is 3. The van der Waals surface area contributed by atoms with Gasteiger partial charge in [-0.1, -0.05) is 18.2 Å². The average molecular weight is 272 g/mol. The maximum atomic E-state index is 11.6. The lowest BCUT2D eigenvalue weighted by Crippen LogP contribution is -2.33. The van der Waals surface area contributed by atoms with E-state index in [0.29, 0.717) is 18.1 Å². The van der Waals surface area contributed by atoms with Gasteiger partial charge in [0.05, 0.1) is 0 Å². The van der Waals surface area contributed by atoms with Crippen LogP contribution in [0.4, 0.5) is 5.82 Å². The highest BCUT2D eigenvalue weighted by Gasteiger charge is 2.03. The second kappa shape index (κ2) is 7.10. The maximum Gasteiger partial charge on any atom is 0.276 e. The fourth-order valence-corrected chi connectivity index (χ4v) is 1.52. The molecule has 0 spiro atoms. The van der Waals surface area contributed by atoms with Crippen molar-refractivity contribution in [2.45, 2.75) is 6.54 Å². The molecule has 1 amide bonds. The Hall–Kier alpha value is -2.60. The number of carbonyl (C=O) groups excluding carboxylic acids is 1. The molecule has 0 saturated heterocycles. The van der Waals surface area contributed by atoms with E-state index in [4.69, 9.17) is 10.5 Å². The molecule has 0 radical (unpaired) electrons. The summed E-state index contributed by atoms with van der Waals surface area (Å²) in [7, 11) is 0. The molecule has 4 N–H and O–H groups in total. The minimum atomic E-state index is -0.297. The number of benzene rings is 1. The van der Waals surface area contributed by atoms with Gasteiger partial charge in [-0.05, 0) is 29.8 Å². The zero-order chi connectivity index (χ0) is 14.2. The van der Waals surface area contributed by atoms with Crippen LogP contribution in [-0.4, -0.2) is 17.5 Å². The van der Waals surface area contributed by atoms with Crippen molar-refractivity contribution < 1.29 is 9.53 Å². The third-order valence-electron chi connectivity index (χ3n) is 2.50. The number of anilines is 1. The first-order valence-corrected chi connectivity index (χ1v) is 6.15. The fourth-order valence-electron chi connectivity index (χ4n) is 1.52. The summed E-state index contributed by atoms with van der Waals surface area (Å²) in [5.41, 5.74) is 11.7. The van der Waals surface area contributed by atoms with Crippen molar-refractivity contribution in [3.8, 4) is 5.75 Å². The van der Waals surface area contributed by atoms with E-state index in [9.17, 15) is 4.79 Å². The van der Waals surface area contributed by atoms with Crippen molar-refractivity contribution >= 4 is 11.7 Å². The van der Waals surface area contributed by atoms with E-state index in [1.807, 2.05) is 18.2 Å². The number of nitrogens with one attached hydrogen (secondary N) is 2. The molecule has 0 unspecified atom stereocenters. The highest BCUT2D eigenvalue weighted by molar-refractivity contribution is 5.78. The number of hydrogen-bond acceptors (Lipinski definition) is 5. The lowest BCUT2D eigenvalue weighted by atomic mass is 10.2. The largest absolute Gasteiger partial charge is 0.484 e. The number of hydrazine groups is 1. The maximum absolute atomic E-state index is 11.6. The summed E-state index contributed by atoms with van der Waals surface area (Å²) >= 11 is 0. The fraction of sp³-hybridized carbons (Fsp3) is 0.143. The topological polar surface area (TPSA) is 89.3 Å². The number of amides is 1. The Labute approximate surface area is 116 Å². The van der Waals surface area contributed by atoms with Gasteiger partial charge < -0.3 is 10.5 Å². The van der Waals surface area contributed by atoms with Crippen molar-refractivity contribution in [1.82, 2.24) is 10.4 Å². The van der Waals surface area contributed by atoms with Crippen molar-refractivity contribution in [3.63, 3.8) is 0 Å². The molecule has 104 valence electrons. The molecule has 0 aliphatic carbocycles. The molecule has 0 aliphatic heterocycles. The molecule has 20 heavy (non-hydrogen) atoms. The molecular weight excluding hydrogens is 256 g/mol. The van der Waals surface area contributed by atoms with Gasteiger partial charge in [-0.2, -0.15) is 0 Å². The molecular formula is C14H16N4O2. The van der Waals surface area contributed by atoms with E-state index in [-0.39, 0.29) is 12.5 Å². The Morgan fingerprint density at radius 3 is 2.90 bits per heavy atom. The molecule has 0 bridgehead atoms. The Kier molecular flexibility index (Phi) is 4.91. The molecule has 1 aromatic heterocycles. The summed E-state index contributed by atoms with van der Waals surface area (Å²) in [4.78, 5) is 15.6. The zero-order valence-electron chi connectivity index (χ0n) is 10.9. The number of pyridine rings is 1. The van der Waals surface area contributed by atoms with Crippen LogP contribution in [0, 0.1) is 0 Å². The zero-order valence-corrected chi connectivity index (χ0v) is 10.9. The molecule has 1 heterocycles. The van der Waals surface area contributed by atoms with Crippen molar-refractivity contribution in [1.29, 1.82) is 0 Å². The van der Waals surface area contributed by atoms with Crippen molar-refractivity contribution in [2.75, 3.05) is 12.0 Å². The summed E-state index contributed by atoms with van der Waals surface area (Å²) in [6.07, 6.45) is 1.63. The van der Waals surface area contributed by atoms with Gasteiger partial charge in [-0.25, -0.2) is 4.98 Å². The van der Waals surface area contributed by atoms with Gasteiger partial charge in [-0.3, -0.25) is 15.6 Å². The summed E-state index contributed by atoms with van der Waals surface area (Å²) in [6.45, 7) is 0.346. The minimum Gasteiger partial charge on any atom is -0.484 e. The van der Waals surface area contributed by atoms with Gasteiger partial charge in [0.15, 0.2) is 6.61 Å². The second-order valence-electron chi connectivity index (χ2n) is 4.03. The van der Waals surface area contributed by atoms with Crippen LogP contribution in [0.15, 0.2) is 48.7 Å². The van der Waals surface area contributed by atoms with E-state index in [1.54, 1.807) is 30.5 Å². The first kappa shape index (κ1) is 13.8. The Morgan fingerprint density at radius 2 is 2.15 bits per heavy atom. The number of ether oxygens (including phenoxy) is 1. The van der Waals surface area contributed by atoms with Gasteiger partial charge in [0.1, 0.15) is 11.6 Å². The third kappa shape index (κ3) is 4.25. The Bertz CT molecular complexity index is 560. The predicted molar refractivity (Wildman–Crippen MR) is 75.8 cm³/mol. The van der Waals surface area contributed by atoms with E-state index in [1.165, 1.54) is 0 Å². The molecule has 2 rings (SSSR count). The molecule has 0 aliphatic rings. The van der Waals surface area contributed by atoms with Crippen LogP contribution < -0.4 is 21.3 Å². The summed E-state index contributed by atoms with van der Waals surface area (Å²) < 4.78 is 5.37. The van der Waals surface area contributed by atoms with E-state index >= 15 is 0 Å². The third-order valence-corrected chi connectivity index (χ3v) is 2.50. The van der Waals surface area contributed by atoms with Gasteiger partial charge in [0.25, 0.3) is 5.91 Å². The van der Waals surface area contributed by atoms with Gasteiger partial charge in [-0.15, -0.1) is 0 Å². The van der Waals surface area contributed by atoms with Crippen LogP contribution in [0.25, 0.3) is 0 Å². The second-order valence-corrected chi connectivity index (χ2v) is 4.03. The molecule has 6 heteroatoms. The lowest BCUT2D eigenvalue weighted by molar-refractivity contribution is -0.122. The van der Waals surface area contributed by atoms with Crippen LogP contribution in [0.2, 0.25) is 0 Å². The predicted octanol–water partition coefficient (Wildman–Crippen LogP) is 1.06. The van der Waals surface area contributed by atoms with Crippen LogP contribution in [0.5, 0.6) is 5.75 Å². The SMILES string of the molecule is NCc1cccc(OCC(=O)NNc2ccccn2)c1. The quantitative estimate of drug-likeness (QED) is 0.684. The van der Waals surface area contributed by atoms with Crippen molar-refractivity contribution in [2.24, 2.45) is 5.73 Å². The Balaban J connectivity index is 1.77. The number of nitrogens with zero attached hydrogens (tertiary/aromatic N) is 1. The number of carbonyl (C=O) groups is 1. The normalized spacial score (nSPS) is 9.85. The van der Waals surface area contributed by atoms with Crippen LogP contribution in [-0.2, 0) is 11.3 Å². The standard InChI is InChI=1S/C14H16N4O2/c15-9-11-4-3-5-12(8-11)20-10-14(19)18-17-13-6-1-2-7-16-13/h1-8H,9-10,15H2,(H,16,17)(H,18,19). The molecule has 0 atom stereocenters. The van der Waals surface area contributed by atoms with E-state index in [0.717, 1.165) is 5.56 Å². The summed E-state index contributed by atoms with van der Waals surface area (Å²) in [6, 6.07) is 12.7. The summed E-state index contributed by atoms with van der Waals surface area (Å²) in [5, 5.41) is 0. The molecule has 2 aromatic rings. The molecule has 0 saturated carbocycles. The number of aromatic nitrogens is 1. The average Bonchev–Trinajstić information content (AvgIpc) is 2.52. The molecule has 1 aromatic carbocycles. The van der Waals surface area contributed by atoms with E-state index < -0.39 is 0 Å². The van der Waals surface area contributed by atoms with Crippen LogP contribution >= 0.6 is 0 Å². The first-order chi connectivity index (χ1) is 9.78. The Morgan fingerprint density at radius 1 is 1.25 bits per heavy atom. The monoisotopic (exact) mass is 272 g/mol. The first-order valence-electron chi connectivity index (χ1n) is 6.15. The van der Waals surface area contributed by atoms with Gasteiger partial charge in [0.2, 0.25) is 0 Å². The smallest absolute Gasteiger partial charge is 0.276 e. The summed E-state index contributed by atoms with van der Waals surface area (Å²) in [5.74, 6) is 0.876. The lowest BCUT2D eigenvalue weighted by Gasteiger charge is -2.09. The minimum absolute atomic E-state index is 0.0894. The van der Waals surface area contributed by atoms with Crippen LogP contribution in [0.3, 0.4) is 0 Å². The van der Waals surface area contributed by atoms with E-state index in [2.05, 4.69) is 15.8 Å². The van der Waals surface area contributed by atoms with Gasteiger partial charge in [0, 0.05) is 12.7 Å². The van der Waals surface area contributed by atoms with Crippen LogP contribution in [0.1, 0.15) is 5.56 Å². The molecule has 0 fully saturated rings.